The summed E-state index contributed by atoms with van der Waals surface area (Å²) >= 11 is 0. The van der Waals surface area contributed by atoms with Gasteiger partial charge in [0.2, 0.25) is 5.91 Å². The normalized spacial score (nSPS) is 10.1. The van der Waals surface area contributed by atoms with Gasteiger partial charge in [0.25, 0.3) is 0 Å². The first kappa shape index (κ1) is 17.5. The molecule has 0 heterocycles. The largest absolute Gasteiger partial charge is 0.493 e. The second-order valence-electron chi connectivity index (χ2n) is 5.37. The summed E-state index contributed by atoms with van der Waals surface area (Å²) < 4.78 is 10.5. The second kappa shape index (κ2) is 8.15. The van der Waals surface area contributed by atoms with E-state index in [1.807, 2.05) is 18.2 Å². The molecule has 0 spiro atoms. The van der Waals surface area contributed by atoms with E-state index in [4.69, 9.17) is 9.47 Å². The monoisotopic (exact) mass is 327 g/mol. The lowest BCUT2D eigenvalue weighted by molar-refractivity contribution is -0.116. The van der Waals surface area contributed by atoms with Gasteiger partial charge in [0.1, 0.15) is 0 Å². The van der Waals surface area contributed by atoms with Gasteiger partial charge in [0.15, 0.2) is 17.3 Å². The first-order valence-electron chi connectivity index (χ1n) is 7.65. The van der Waals surface area contributed by atoms with Crippen molar-refractivity contribution in [2.75, 3.05) is 19.5 Å². The van der Waals surface area contributed by atoms with Crippen molar-refractivity contribution in [2.45, 2.75) is 19.8 Å². The summed E-state index contributed by atoms with van der Waals surface area (Å²) in [4.78, 5) is 23.5. The Balaban J connectivity index is 1.96. The summed E-state index contributed by atoms with van der Waals surface area (Å²) in [5.41, 5.74) is 2.19. The van der Waals surface area contributed by atoms with Gasteiger partial charge in [-0.1, -0.05) is 18.2 Å². The zero-order valence-corrected chi connectivity index (χ0v) is 14.1. The average Bonchev–Trinajstić information content (AvgIpc) is 2.59. The number of Topliss-reactive ketones (excluding diaryl/α,β-unsaturated/α-hetero) is 1. The lowest BCUT2D eigenvalue weighted by atomic mass is 10.1. The van der Waals surface area contributed by atoms with Crippen molar-refractivity contribution in [3.05, 3.63) is 53.6 Å². The SMILES string of the molecule is COc1ccc(CCC(=O)Nc2cccc(C(C)=O)c2)cc1OC. The van der Waals surface area contributed by atoms with E-state index in [0.717, 1.165) is 5.56 Å². The maximum atomic E-state index is 12.1. The zero-order valence-electron chi connectivity index (χ0n) is 14.1. The number of aryl methyl sites for hydroxylation is 1. The van der Waals surface area contributed by atoms with Crippen LogP contribution in [0.25, 0.3) is 0 Å². The molecule has 1 amide bonds. The van der Waals surface area contributed by atoms with E-state index in [9.17, 15) is 9.59 Å². The molecular formula is C19H21NO4. The van der Waals surface area contributed by atoms with Gasteiger partial charge in [-0.25, -0.2) is 0 Å². The third-order valence-electron chi connectivity index (χ3n) is 3.64. The van der Waals surface area contributed by atoms with Gasteiger partial charge < -0.3 is 14.8 Å². The molecule has 0 aromatic heterocycles. The number of carbonyl (C=O) groups is 2. The molecule has 1 N–H and O–H groups in total. The Morgan fingerprint density at radius 2 is 1.75 bits per heavy atom. The summed E-state index contributed by atoms with van der Waals surface area (Å²) in [6.45, 7) is 1.50. The fourth-order valence-corrected chi connectivity index (χ4v) is 2.33. The Morgan fingerprint density at radius 1 is 1.00 bits per heavy atom. The fourth-order valence-electron chi connectivity index (χ4n) is 2.33. The smallest absolute Gasteiger partial charge is 0.224 e. The number of ketones is 1. The molecule has 0 unspecified atom stereocenters. The Labute approximate surface area is 141 Å². The third-order valence-corrected chi connectivity index (χ3v) is 3.64. The topological polar surface area (TPSA) is 64.6 Å². The van der Waals surface area contributed by atoms with E-state index < -0.39 is 0 Å². The molecule has 0 bridgehead atoms. The second-order valence-corrected chi connectivity index (χ2v) is 5.37. The van der Waals surface area contributed by atoms with E-state index in [-0.39, 0.29) is 11.7 Å². The number of hydrogen-bond acceptors (Lipinski definition) is 4. The van der Waals surface area contributed by atoms with Crippen LogP contribution < -0.4 is 14.8 Å². The van der Waals surface area contributed by atoms with Crippen LogP contribution in [0.5, 0.6) is 11.5 Å². The molecule has 2 rings (SSSR count). The number of benzene rings is 2. The quantitative estimate of drug-likeness (QED) is 0.791. The van der Waals surface area contributed by atoms with Gasteiger partial charge in [-0.15, -0.1) is 0 Å². The van der Waals surface area contributed by atoms with Crippen molar-refractivity contribution >= 4 is 17.4 Å². The molecule has 0 aliphatic heterocycles. The Hall–Kier alpha value is -2.82. The molecule has 0 atom stereocenters. The van der Waals surface area contributed by atoms with Gasteiger partial charge in [0, 0.05) is 17.7 Å². The van der Waals surface area contributed by atoms with Crippen LogP contribution in [-0.4, -0.2) is 25.9 Å². The standard InChI is InChI=1S/C19H21NO4/c1-13(21)15-5-4-6-16(12-15)20-19(22)10-8-14-7-9-17(23-2)18(11-14)24-3/h4-7,9,11-12H,8,10H2,1-3H3,(H,20,22). The molecule has 0 saturated carbocycles. The van der Waals surface area contributed by atoms with Crippen LogP contribution in [0.2, 0.25) is 0 Å². The Kier molecular flexibility index (Phi) is 5.95. The van der Waals surface area contributed by atoms with Crippen LogP contribution in [0.4, 0.5) is 5.69 Å². The van der Waals surface area contributed by atoms with Crippen molar-refractivity contribution in [2.24, 2.45) is 0 Å². The van der Waals surface area contributed by atoms with Crippen molar-refractivity contribution in [1.82, 2.24) is 0 Å². The molecule has 0 aliphatic carbocycles. The molecule has 5 heteroatoms. The number of hydrogen-bond donors (Lipinski definition) is 1. The molecule has 2 aromatic carbocycles. The minimum Gasteiger partial charge on any atom is -0.493 e. The molecule has 0 fully saturated rings. The molecule has 2 aromatic rings. The molecule has 24 heavy (non-hydrogen) atoms. The number of rotatable bonds is 7. The highest BCUT2D eigenvalue weighted by Crippen LogP contribution is 2.28. The highest BCUT2D eigenvalue weighted by molar-refractivity contribution is 5.97. The lowest BCUT2D eigenvalue weighted by Gasteiger charge is -2.10. The number of carbonyl (C=O) groups excluding carboxylic acids is 2. The van der Waals surface area contributed by atoms with E-state index in [1.165, 1.54) is 6.92 Å². The third kappa shape index (κ3) is 4.59. The average molecular weight is 327 g/mol. The van der Waals surface area contributed by atoms with Crippen molar-refractivity contribution < 1.29 is 19.1 Å². The van der Waals surface area contributed by atoms with Gasteiger partial charge >= 0.3 is 0 Å². The van der Waals surface area contributed by atoms with E-state index >= 15 is 0 Å². The highest BCUT2D eigenvalue weighted by atomic mass is 16.5. The van der Waals surface area contributed by atoms with Gasteiger partial charge in [-0.3, -0.25) is 9.59 Å². The first-order chi connectivity index (χ1) is 11.5. The minimum absolute atomic E-state index is 0.0311. The summed E-state index contributed by atoms with van der Waals surface area (Å²) in [7, 11) is 3.16. The summed E-state index contributed by atoms with van der Waals surface area (Å²) in [5, 5.41) is 2.81. The van der Waals surface area contributed by atoms with Crippen molar-refractivity contribution in [1.29, 1.82) is 0 Å². The Morgan fingerprint density at radius 3 is 2.42 bits per heavy atom. The van der Waals surface area contributed by atoms with Crippen molar-refractivity contribution in [3.8, 4) is 11.5 Å². The number of methoxy groups -OCH3 is 2. The number of anilines is 1. The van der Waals surface area contributed by atoms with Crippen molar-refractivity contribution in [3.63, 3.8) is 0 Å². The Bertz CT molecular complexity index is 740. The lowest BCUT2D eigenvalue weighted by Crippen LogP contribution is -2.12. The van der Waals surface area contributed by atoms with E-state index in [1.54, 1.807) is 38.5 Å². The molecular weight excluding hydrogens is 306 g/mol. The van der Waals surface area contributed by atoms with Gasteiger partial charge in [-0.05, 0) is 43.2 Å². The molecule has 0 radical (unpaired) electrons. The summed E-state index contributed by atoms with van der Waals surface area (Å²) in [6.07, 6.45) is 0.915. The predicted octanol–water partition coefficient (Wildman–Crippen LogP) is 3.48. The van der Waals surface area contributed by atoms with E-state index in [0.29, 0.717) is 35.6 Å². The number of amides is 1. The summed E-state index contributed by atoms with van der Waals surface area (Å²) in [6, 6.07) is 12.5. The minimum atomic E-state index is -0.106. The molecule has 0 saturated heterocycles. The van der Waals surface area contributed by atoms with Crippen LogP contribution in [0.1, 0.15) is 29.3 Å². The van der Waals surface area contributed by atoms with Crippen LogP contribution in [0.3, 0.4) is 0 Å². The first-order valence-corrected chi connectivity index (χ1v) is 7.65. The molecule has 0 aliphatic rings. The molecule has 126 valence electrons. The van der Waals surface area contributed by atoms with Crippen LogP contribution in [0, 0.1) is 0 Å². The maximum absolute atomic E-state index is 12.1. The van der Waals surface area contributed by atoms with Crippen LogP contribution in [-0.2, 0) is 11.2 Å². The zero-order chi connectivity index (χ0) is 17.5. The van der Waals surface area contributed by atoms with Gasteiger partial charge in [0.05, 0.1) is 14.2 Å². The van der Waals surface area contributed by atoms with Crippen LogP contribution in [0.15, 0.2) is 42.5 Å². The highest BCUT2D eigenvalue weighted by Gasteiger charge is 2.08. The number of ether oxygens (including phenoxy) is 2. The fraction of sp³-hybridized carbons (Fsp3) is 0.263. The number of nitrogens with one attached hydrogen (secondary N) is 1. The summed E-state index contributed by atoms with van der Waals surface area (Å²) in [5.74, 6) is 1.17. The maximum Gasteiger partial charge on any atom is 0.224 e. The van der Waals surface area contributed by atoms with Gasteiger partial charge in [-0.2, -0.15) is 0 Å². The molecule has 5 nitrogen and oxygen atoms in total. The predicted molar refractivity (Wildman–Crippen MR) is 92.9 cm³/mol. The van der Waals surface area contributed by atoms with E-state index in [2.05, 4.69) is 5.32 Å². The van der Waals surface area contributed by atoms with Crippen LogP contribution >= 0.6 is 0 Å².